The van der Waals surface area contributed by atoms with Gasteiger partial charge in [-0.2, -0.15) is 0 Å². The van der Waals surface area contributed by atoms with E-state index in [1.165, 1.54) is 17.8 Å². The summed E-state index contributed by atoms with van der Waals surface area (Å²) >= 11 is 3.16. The van der Waals surface area contributed by atoms with Crippen LogP contribution in [0.5, 0.6) is 5.75 Å². The third kappa shape index (κ3) is 5.51. The van der Waals surface area contributed by atoms with Crippen LogP contribution in [0.15, 0.2) is 22.0 Å². The molecule has 2 aromatic rings. The molecule has 10 heteroatoms. The molecular weight excluding hydrogens is 531 g/mol. The predicted molar refractivity (Wildman–Crippen MR) is 155 cm³/mol. The third-order valence-electron chi connectivity index (χ3n) is 8.79. The lowest BCUT2D eigenvalue weighted by Crippen LogP contribution is -2.65. The molecule has 0 amide bonds. The van der Waals surface area contributed by atoms with Gasteiger partial charge in [-0.1, -0.05) is 43.0 Å². The smallest absolute Gasteiger partial charge is 0.472 e. The van der Waals surface area contributed by atoms with Gasteiger partial charge in [0, 0.05) is 0 Å². The van der Waals surface area contributed by atoms with Gasteiger partial charge in [-0.25, -0.2) is 4.79 Å². The van der Waals surface area contributed by atoms with E-state index in [2.05, 4.69) is 37.0 Å². The standard InChI is InChI=1S/C29H41BN2O5S2/c1-16(2)34-20-11-10-18(17(3)24(20)25(33)35-27(4,5)6)12-23(39-26-32-31-15-38-26)30-36-22-14-19-13-21(28(19,7)8)29(22,9)37-30/h10-11,15-16,19,21-23H,12-14H2,1-9H3/t19?,21?,22?,23-,29-/m0/s1. The van der Waals surface area contributed by atoms with Crippen LogP contribution in [0.4, 0.5) is 0 Å². The van der Waals surface area contributed by atoms with Gasteiger partial charge in [0.25, 0.3) is 0 Å². The zero-order valence-electron chi connectivity index (χ0n) is 24.6. The van der Waals surface area contributed by atoms with Crippen LogP contribution < -0.4 is 4.74 Å². The lowest BCUT2D eigenvalue weighted by molar-refractivity contribution is -0.199. The minimum Gasteiger partial charge on any atom is -0.490 e. The summed E-state index contributed by atoms with van der Waals surface area (Å²) in [6, 6.07) is 3.95. The number of hydrogen-bond donors (Lipinski definition) is 0. The summed E-state index contributed by atoms with van der Waals surface area (Å²) in [6.45, 7) is 18.5. The number of aromatic nitrogens is 2. The average Bonchev–Trinajstić information content (AvgIpc) is 3.45. The molecule has 0 radical (unpaired) electrons. The van der Waals surface area contributed by atoms with E-state index in [1.54, 1.807) is 17.3 Å². The van der Waals surface area contributed by atoms with Crippen molar-refractivity contribution in [3.05, 3.63) is 34.3 Å². The molecular formula is C29H41BN2O5S2. The van der Waals surface area contributed by atoms with Gasteiger partial charge in [0.05, 0.1) is 23.0 Å². The molecule has 0 spiro atoms. The molecule has 3 aliphatic carbocycles. The average molecular weight is 573 g/mol. The highest BCUT2D eigenvalue weighted by molar-refractivity contribution is 8.02. The molecule has 4 aliphatic rings. The lowest BCUT2D eigenvalue weighted by atomic mass is 9.43. The Morgan fingerprint density at radius 2 is 2.00 bits per heavy atom. The van der Waals surface area contributed by atoms with Crippen molar-refractivity contribution in [3.8, 4) is 5.75 Å². The SMILES string of the molecule is Cc1c(C[C@H](Sc2nncs2)B2OC3CC4CC(C4(C)C)[C@]3(C)O2)ccc(OC(C)C)c1C(=O)OC(C)(C)C. The fourth-order valence-corrected chi connectivity index (χ4v) is 8.55. The summed E-state index contributed by atoms with van der Waals surface area (Å²) in [7, 11) is -0.389. The number of carbonyl (C=O) groups excluding carboxylic acids is 1. The molecule has 1 aromatic carbocycles. The molecule has 2 heterocycles. The van der Waals surface area contributed by atoms with E-state index in [0.29, 0.717) is 29.6 Å². The summed E-state index contributed by atoms with van der Waals surface area (Å²) in [6.07, 6.45) is 2.91. The van der Waals surface area contributed by atoms with Gasteiger partial charge in [0.15, 0.2) is 4.34 Å². The third-order valence-corrected chi connectivity index (χ3v) is 10.8. The van der Waals surface area contributed by atoms with Crippen molar-refractivity contribution in [1.82, 2.24) is 10.2 Å². The monoisotopic (exact) mass is 572 g/mol. The molecule has 6 rings (SSSR count). The molecule has 2 bridgehead atoms. The van der Waals surface area contributed by atoms with Crippen LogP contribution >= 0.6 is 23.1 Å². The van der Waals surface area contributed by atoms with Gasteiger partial charge in [-0.15, -0.1) is 10.2 Å². The van der Waals surface area contributed by atoms with Gasteiger partial charge in [-0.05, 0) is 102 Å². The lowest BCUT2D eigenvalue weighted by Gasteiger charge is -2.64. The van der Waals surface area contributed by atoms with Crippen LogP contribution in [0.25, 0.3) is 0 Å². The van der Waals surface area contributed by atoms with Gasteiger partial charge in [0.2, 0.25) is 0 Å². The summed E-state index contributed by atoms with van der Waals surface area (Å²) in [5.41, 5.74) is 3.48. The first-order chi connectivity index (χ1) is 18.2. The minimum atomic E-state index is -0.615. The second-order valence-corrected chi connectivity index (χ2v) is 15.6. The highest BCUT2D eigenvalue weighted by Gasteiger charge is 2.68. The number of hydrogen-bond acceptors (Lipinski definition) is 9. The Morgan fingerprint density at radius 1 is 1.26 bits per heavy atom. The summed E-state index contributed by atoms with van der Waals surface area (Å²) in [5, 5.41) is 8.29. The molecule has 7 nitrogen and oxygen atoms in total. The first-order valence-electron chi connectivity index (χ1n) is 14.0. The van der Waals surface area contributed by atoms with Crippen LogP contribution in [0.3, 0.4) is 0 Å². The fourth-order valence-electron chi connectivity index (χ4n) is 6.70. The van der Waals surface area contributed by atoms with Crippen molar-refractivity contribution < 1.29 is 23.6 Å². The molecule has 3 unspecified atom stereocenters. The maximum Gasteiger partial charge on any atom is 0.472 e. The van der Waals surface area contributed by atoms with Crippen molar-refractivity contribution in [2.75, 3.05) is 0 Å². The van der Waals surface area contributed by atoms with Crippen LogP contribution in [0.1, 0.15) is 89.7 Å². The highest BCUT2D eigenvalue weighted by Crippen LogP contribution is 2.66. The fraction of sp³-hybridized carbons (Fsp3) is 0.690. The molecule has 1 aromatic heterocycles. The number of nitrogens with zero attached hydrogens (tertiary/aromatic N) is 2. The van der Waals surface area contributed by atoms with Gasteiger partial charge in [0.1, 0.15) is 22.4 Å². The summed E-state index contributed by atoms with van der Waals surface area (Å²) in [4.78, 5) is 13.4. The van der Waals surface area contributed by atoms with Crippen LogP contribution in [-0.2, 0) is 20.5 Å². The predicted octanol–water partition coefficient (Wildman–Crippen LogP) is 6.56. The van der Waals surface area contributed by atoms with E-state index in [0.717, 1.165) is 21.9 Å². The number of esters is 1. The van der Waals surface area contributed by atoms with Gasteiger partial charge in [-0.3, -0.25) is 0 Å². The van der Waals surface area contributed by atoms with Crippen molar-refractivity contribution in [1.29, 1.82) is 0 Å². The Labute approximate surface area is 241 Å². The molecule has 212 valence electrons. The minimum absolute atomic E-state index is 0.0669. The van der Waals surface area contributed by atoms with Crippen molar-refractivity contribution in [3.63, 3.8) is 0 Å². The van der Waals surface area contributed by atoms with Crippen LogP contribution in [0.2, 0.25) is 0 Å². The Morgan fingerprint density at radius 3 is 2.62 bits per heavy atom. The normalized spacial score (nSPS) is 28.2. The Balaban J connectivity index is 1.46. The topological polar surface area (TPSA) is 79.8 Å². The van der Waals surface area contributed by atoms with E-state index in [4.69, 9.17) is 18.8 Å². The Kier molecular flexibility index (Phi) is 7.66. The Hall–Kier alpha value is -1.62. The number of rotatable bonds is 8. The van der Waals surface area contributed by atoms with E-state index < -0.39 is 5.60 Å². The maximum atomic E-state index is 13.4. The van der Waals surface area contributed by atoms with Crippen molar-refractivity contribution >= 4 is 36.2 Å². The first kappa shape index (κ1) is 28.9. The number of ether oxygens (including phenoxy) is 2. The Bertz CT molecular complexity index is 1220. The highest BCUT2D eigenvalue weighted by atomic mass is 32.2. The summed E-state index contributed by atoms with van der Waals surface area (Å²) < 4.78 is 26.3. The molecule has 4 fully saturated rings. The second-order valence-electron chi connectivity index (χ2n) is 13.3. The van der Waals surface area contributed by atoms with Crippen LogP contribution in [-0.4, -0.2) is 51.8 Å². The van der Waals surface area contributed by atoms with Gasteiger partial charge < -0.3 is 18.8 Å². The largest absolute Gasteiger partial charge is 0.490 e. The number of benzene rings is 1. The van der Waals surface area contributed by atoms with E-state index in [-0.39, 0.29) is 41.5 Å². The molecule has 5 atom stereocenters. The molecule has 1 saturated heterocycles. The van der Waals surface area contributed by atoms with Crippen molar-refractivity contribution in [2.45, 2.75) is 114 Å². The van der Waals surface area contributed by atoms with E-state index in [1.807, 2.05) is 47.6 Å². The van der Waals surface area contributed by atoms with Crippen molar-refractivity contribution in [2.24, 2.45) is 17.3 Å². The number of thioether (sulfide) groups is 1. The quantitative estimate of drug-likeness (QED) is 0.200. The zero-order chi connectivity index (χ0) is 28.3. The zero-order valence-corrected chi connectivity index (χ0v) is 26.2. The maximum absolute atomic E-state index is 13.4. The molecule has 1 aliphatic heterocycles. The molecule has 3 saturated carbocycles. The second kappa shape index (κ2) is 10.3. The summed E-state index contributed by atoms with van der Waals surface area (Å²) in [5.74, 6) is 1.34. The first-order valence-corrected chi connectivity index (χ1v) is 15.7. The van der Waals surface area contributed by atoms with Crippen LogP contribution in [0, 0.1) is 24.2 Å². The van der Waals surface area contributed by atoms with Gasteiger partial charge >= 0.3 is 13.1 Å². The molecule has 39 heavy (non-hydrogen) atoms. The number of carbonyl (C=O) groups is 1. The van der Waals surface area contributed by atoms with E-state index in [9.17, 15) is 4.79 Å². The molecule has 0 N–H and O–H groups in total. The van der Waals surface area contributed by atoms with E-state index >= 15 is 0 Å².